The van der Waals surface area contributed by atoms with E-state index >= 15 is 0 Å². The normalized spacial score (nSPS) is 13.3. The molecule has 0 aliphatic rings. The minimum Gasteiger partial charge on any atom is -0.475 e. The van der Waals surface area contributed by atoms with Gasteiger partial charge in [0.15, 0.2) is 0 Å². The van der Waals surface area contributed by atoms with E-state index in [2.05, 4.69) is 16.0 Å². The summed E-state index contributed by atoms with van der Waals surface area (Å²) in [6.45, 7) is 9.58. The molecule has 0 spiro atoms. The summed E-state index contributed by atoms with van der Waals surface area (Å²) in [6.07, 6.45) is -3.45. The number of benzene rings is 1. The monoisotopic (exact) mass is 634 g/mol. The maximum Gasteiger partial charge on any atom is 0.490 e. The first-order valence-electron chi connectivity index (χ1n) is 14.0. The molecule has 0 saturated heterocycles. The third-order valence-corrected chi connectivity index (χ3v) is 5.61. The van der Waals surface area contributed by atoms with Crippen LogP contribution in [0.1, 0.15) is 65.9 Å². The number of hydrogen-bond donors (Lipinski definition) is 5. The highest BCUT2D eigenvalue weighted by Gasteiger charge is 2.38. The second kappa shape index (κ2) is 19.4. The first-order chi connectivity index (χ1) is 20.3. The molecule has 15 heteroatoms. The van der Waals surface area contributed by atoms with Gasteiger partial charge in [-0.2, -0.15) is 13.2 Å². The van der Waals surface area contributed by atoms with E-state index in [1.54, 1.807) is 20.8 Å². The lowest BCUT2D eigenvalue weighted by molar-refractivity contribution is -0.192. The molecular formula is C29H45F3N4O8. The molecule has 0 heterocycles. The summed E-state index contributed by atoms with van der Waals surface area (Å²) in [5.41, 5.74) is 6.42. The number of alkyl carbamates (subject to hydrolysis) is 1. The van der Waals surface area contributed by atoms with E-state index in [4.69, 9.17) is 25.1 Å². The molecule has 0 radical (unpaired) electrons. The van der Waals surface area contributed by atoms with Crippen LogP contribution in [0.25, 0.3) is 0 Å². The molecule has 0 aliphatic heterocycles. The Kier molecular flexibility index (Phi) is 17.7. The van der Waals surface area contributed by atoms with Crippen molar-refractivity contribution in [3.63, 3.8) is 0 Å². The molecule has 1 aromatic rings. The van der Waals surface area contributed by atoms with Gasteiger partial charge < -0.3 is 36.3 Å². The fraction of sp³-hybridized carbons (Fsp3) is 0.621. The Bertz CT molecular complexity index is 1060. The number of amides is 3. The second-order valence-electron chi connectivity index (χ2n) is 11.3. The average molecular weight is 635 g/mol. The maximum atomic E-state index is 13.1. The summed E-state index contributed by atoms with van der Waals surface area (Å²) >= 11 is 0. The highest BCUT2D eigenvalue weighted by atomic mass is 19.4. The van der Waals surface area contributed by atoms with Gasteiger partial charge >= 0.3 is 24.2 Å². The van der Waals surface area contributed by atoms with Crippen molar-refractivity contribution in [1.82, 2.24) is 16.0 Å². The smallest absolute Gasteiger partial charge is 0.475 e. The van der Waals surface area contributed by atoms with Gasteiger partial charge in [-0.05, 0) is 64.4 Å². The van der Waals surface area contributed by atoms with Gasteiger partial charge in [-0.3, -0.25) is 9.59 Å². The van der Waals surface area contributed by atoms with Crippen LogP contribution in [-0.2, 0) is 35.1 Å². The lowest BCUT2D eigenvalue weighted by Crippen LogP contribution is -2.55. The van der Waals surface area contributed by atoms with Gasteiger partial charge in [-0.1, -0.05) is 44.2 Å². The number of alkyl halides is 3. The number of halogens is 3. The van der Waals surface area contributed by atoms with Crippen LogP contribution in [-0.4, -0.2) is 78.5 Å². The number of nitrogens with one attached hydrogen (secondary N) is 3. The number of hydrogen-bond acceptors (Lipinski definition) is 8. The van der Waals surface area contributed by atoms with Crippen LogP contribution in [0.5, 0.6) is 0 Å². The molecule has 0 aromatic heterocycles. The molecule has 12 nitrogen and oxygen atoms in total. The fourth-order valence-corrected chi connectivity index (χ4v) is 3.58. The molecule has 0 saturated carbocycles. The van der Waals surface area contributed by atoms with Crippen molar-refractivity contribution in [2.45, 2.75) is 96.6 Å². The minimum absolute atomic E-state index is 0.108. The van der Waals surface area contributed by atoms with Gasteiger partial charge in [-0.25, -0.2) is 14.4 Å². The number of carboxylic acids is 1. The summed E-state index contributed by atoms with van der Waals surface area (Å²) in [4.78, 5) is 58.8. The van der Waals surface area contributed by atoms with Crippen LogP contribution in [0.2, 0.25) is 0 Å². The van der Waals surface area contributed by atoms with E-state index < -0.39 is 59.7 Å². The number of aliphatic carboxylic acids is 1. The van der Waals surface area contributed by atoms with Crippen LogP contribution in [0.3, 0.4) is 0 Å². The van der Waals surface area contributed by atoms with Crippen LogP contribution in [0, 0.1) is 5.92 Å². The molecule has 1 rings (SSSR count). The third kappa shape index (κ3) is 18.6. The van der Waals surface area contributed by atoms with Crippen molar-refractivity contribution in [2.75, 3.05) is 13.7 Å². The predicted octanol–water partition coefficient (Wildman–Crippen LogP) is 3.07. The number of carbonyl (C=O) groups is 5. The molecule has 0 aliphatic carbocycles. The molecule has 6 N–H and O–H groups in total. The standard InChI is InChI=1S/C27H44N4O6.C2HF3O2/c1-18(2)16-22(31-23(32)20(28)17-19-12-8-7-9-13-19)24(33)30-21(25(34)36-6)14-10-11-15-29-26(35)37-27(3,4)5;3-2(4,5)1(6)7/h7-9,12-13,18,20-22H,10-11,14-17,28H2,1-6H3,(H,29,35)(H,30,33)(H,31,32);(H,6,7)/t20-,21-,22-;/m1./s1. The van der Waals surface area contributed by atoms with Crippen molar-refractivity contribution >= 4 is 29.8 Å². The Balaban J connectivity index is 0.00000234. The number of methoxy groups -OCH3 is 1. The second-order valence-corrected chi connectivity index (χ2v) is 11.3. The number of rotatable bonds is 14. The zero-order valence-electron chi connectivity index (χ0n) is 26.0. The van der Waals surface area contributed by atoms with Crippen LogP contribution in [0.4, 0.5) is 18.0 Å². The number of carboxylic acid groups (broad SMARTS) is 1. The summed E-state index contributed by atoms with van der Waals surface area (Å²) in [5, 5.41) is 15.3. The Morgan fingerprint density at radius 2 is 1.48 bits per heavy atom. The fourth-order valence-electron chi connectivity index (χ4n) is 3.58. The van der Waals surface area contributed by atoms with Crippen molar-refractivity contribution in [3.8, 4) is 0 Å². The van der Waals surface area contributed by atoms with E-state index in [-0.39, 0.29) is 5.92 Å². The van der Waals surface area contributed by atoms with Gasteiger partial charge in [0.2, 0.25) is 11.8 Å². The van der Waals surface area contributed by atoms with Gasteiger partial charge in [-0.15, -0.1) is 0 Å². The molecule has 1 aromatic carbocycles. The Morgan fingerprint density at radius 1 is 0.932 bits per heavy atom. The molecular weight excluding hydrogens is 589 g/mol. The summed E-state index contributed by atoms with van der Waals surface area (Å²) in [6, 6.07) is 6.83. The first kappa shape index (κ1) is 40.1. The van der Waals surface area contributed by atoms with Crippen LogP contribution < -0.4 is 21.7 Å². The van der Waals surface area contributed by atoms with Gasteiger partial charge in [0.25, 0.3) is 0 Å². The zero-order chi connectivity index (χ0) is 34.1. The van der Waals surface area contributed by atoms with Crippen molar-refractivity contribution < 1.29 is 51.7 Å². The number of ether oxygens (including phenoxy) is 2. The van der Waals surface area contributed by atoms with Gasteiger partial charge in [0.1, 0.15) is 17.7 Å². The lowest BCUT2D eigenvalue weighted by Gasteiger charge is -2.24. The average Bonchev–Trinajstić information content (AvgIpc) is 2.90. The van der Waals surface area contributed by atoms with E-state index in [1.165, 1.54) is 7.11 Å². The van der Waals surface area contributed by atoms with Crippen LogP contribution in [0.15, 0.2) is 30.3 Å². The van der Waals surface area contributed by atoms with E-state index in [9.17, 15) is 32.3 Å². The van der Waals surface area contributed by atoms with Crippen molar-refractivity contribution in [2.24, 2.45) is 11.7 Å². The van der Waals surface area contributed by atoms with Crippen molar-refractivity contribution in [1.29, 1.82) is 0 Å². The van der Waals surface area contributed by atoms with Crippen molar-refractivity contribution in [3.05, 3.63) is 35.9 Å². The molecule has 0 unspecified atom stereocenters. The van der Waals surface area contributed by atoms with Gasteiger partial charge in [0, 0.05) is 6.54 Å². The molecule has 0 fully saturated rings. The molecule has 0 bridgehead atoms. The third-order valence-electron chi connectivity index (χ3n) is 5.61. The SMILES string of the molecule is COC(=O)[C@@H](CCCCNC(=O)OC(C)(C)C)NC(=O)[C@@H](CC(C)C)NC(=O)[C@H](N)Cc1ccccc1.O=C(O)C(F)(F)F. The largest absolute Gasteiger partial charge is 0.490 e. The number of nitrogens with two attached hydrogens (primary N) is 1. The summed E-state index contributed by atoms with van der Waals surface area (Å²) < 4.78 is 41.8. The molecule has 250 valence electrons. The maximum absolute atomic E-state index is 13.1. The lowest BCUT2D eigenvalue weighted by atomic mass is 10.0. The van der Waals surface area contributed by atoms with E-state index in [0.29, 0.717) is 38.6 Å². The quantitative estimate of drug-likeness (QED) is 0.151. The number of esters is 1. The molecule has 3 atom stereocenters. The Labute approximate surface area is 255 Å². The first-order valence-corrected chi connectivity index (χ1v) is 14.0. The topological polar surface area (TPSA) is 186 Å². The van der Waals surface area contributed by atoms with E-state index in [1.807, 2.05) is 44.2 Å². The minimum atomic E-state index is -5.08. The number of unbranched alkanes of at least 4 members (excludes halogenated alkanes) is 1. The molecule has 44 heavy (non-hydrogen) atoms. The summed E-state index contributed by atoms with van der Waals surface area (Å²) in [5.74, 6) is -4.14. The highest BCUT2D eigenvalue weighted by Crippen LogP contribution is 2.13. The predicted molar refractivity (Wildman–Crippen MR) is 155 cm³/mol. The zero-order valence-corrected chi connectivity index (χ0v) is 26.0. The Hall–Kier alpha value is -3.88. The van der Waals surface area contributed by atoms with E-state index in [0.717, 1.165) is 5.56 Å². The van der Waals surface area contributed by atoms with Gasteiger partial charge in [0.05, 0.1) is 13.2 Å². The highest BCUT2D eigenvalue weighted by molar-refractivity contribution is 5.92. The number of carbonyl (C=O) groups excluding carboxylic acids is 4. The van der Waals surface area contributed by atoms with Crippen LogP contribution >= 0.6 is 0 Å². The molecule has 3 amide bonds. The Morgan fingerprint density at radius 3 is 1.95 bits per heavy atom. The summed E-state index contributed by atoms with van der Waals surface area (Å²) in [7, 11) is 1.25.